The predicted molar refractivity (Wildman–Crippen MR) is 94.3 cm³/mol. The minimum absolute atomic E-state index is 0.157. The van der Waals surface area contributed by atoms with Crippen LogP contribution < -0.4 is 0 Å². The van der Waals surface area contributed by atoms with Crippen LogP contribution in [0.2, 0.25) is 0 Å². The molecule has 0 aromatic heterocycles. The Hall–Kier alpha value is 0.0700. The second kappa shape index (κ2) is 16.9. The number of hydrogen-bond donors (Lipinski definition) is 3. The third kappa shape index (κ3) is 22.1. The molecule has 0 unspecified atom stereocenters. The van der Waals surface area contributed by atoms with Crippen molar-refractivity contribution < 1.29 is 24.0 Å². The van der Waals surface area contributed by atoms with E-state index in [-0.39, 0.29) is 6.61 Å². The van der Waals surface area contributed by atoms with Crippen molar-refractivity contribution in [2.75, 3.05) is 13.2 Å². The second-order valence-corrected chi connectivity index (χ2v) is 7.59. The van der Waals surface area contributed by atoms with Gasteiger partial charge in [0.05, 0.1) is 6.61 Å². The molecule has 0 aliphatic heterocycles. The molecule has 0 radical (unpaired) electrons. The molecule has 0 aliphatic rings. The first kappa shape index (κ1) is 23.1. The summed E-state index contributed by atoms with van der Waals surface area (Å²) in [5, 5.41) is 8.68. The molecule has 140 valence electrons. The number of hydrogen-bond acceptors (Lipinski definition) is 3. The molecule has 0 saturated carbocycles. The molecule has 0 aromatic rings. The SMILES string of the molecule is O=P(O)(O)OCCCCCCCCCCCCCCCCCO. The minimum atomic E-state index is -4.27. The fourth-order valence-corrected chi connectivity index (χ4v) is 3.06. The molecule has 5 nitrogen and oxygen atoms in total. The van der Waals surface area contributed by atoms with E-state index < -0.39 is 7.82 Å². The van der Waals surface area contributed by atoms with E-state index in [1.807, 2.05) is 0 Å². The van der Waals surface area contributed by atoms with Gasteiger partial charge in [0.25, 0.3) is 0 Å². The predicted octanol–water partition coefficient (Wildman–Crippen LogP) is 4.94. The molecule has 3 N–H and O–H groups in total. The Kier molecular flexibility index (Phi) is 17.0. The third-order valence-electron chi connectivity index (χ3n) is 4.06. The van der Waals surface area contributed by atoms with Crippen molar-refractivity contribution in [3.8, 4) is 0 Å². The summed E-state index contributed by atoms with van der Waals surface area (Å²) in [6.07, 6.45) is 18.0. The van der Waals surface area contributed by atoms with Crippen LogP contribution in [0.4, 0.5) is 0 Å². The molecule has 0 spiro atoms. The van der Waals surface area contributed by atoms with Crippen LogP contribution in [-0.4, -0.2) is 28.1 Å². The zero-order valence-corrected chi connectivity index (χ0v) is 15.5. The number of unbranched alkanes of at least 4 members (excludes halogenated alkanes) is 14. The van der Waals surface area contributed by atoms with Gasteiger partial charge < -0.3 is 14.9 Å². The number of rotatable bonds is 18. The average molecular weight is 352 g/mol. The molecule has 0 amide bonds. The van der Waals surface area contributed by atoms with Gasteiger partial charge >= 0.3 is 7.82 Å². The van der Waals surface area contributed by atoms with E-state index in [2.05, 4.69) is 4.52 Å². The number of aliphatic hydroxyl groups excluding tert-OH is 1. The highest BCUT2D eigenvalue weighted by atomic mass is 31.2. The molecule has 0 aromatic carbocycles. The Bertz CT molecular complexity index is 280. The zero-order valence-electron chi connectivity index (χ0n) is 14.6. The van der Waals surface area contributed by atoms with Gasteiger partial charge in [-0.25, -0.2) is 4.57 Å². The first-order valence-electron chi connectivity index (χ1n) is 9.37. The van der Waals surface area contributed by atoms with Gasteiger partial charge in [-0.15, -0.1) is 0 Å². The maximum atomic E-state index is 10.5. The van der Waals surface area contributed by atoms with Gasteiger partial charge in [0.1, 0.15) is 0 Å². The van der Waals surface area contributed by atoms with E-state index in [0.29, 0.717) is 6.61 Å². The van der Waals surface area contributed by atoms with Gasteiger partial charge in [-0.3, -0.25) is 4.52 Å². The van der Waals surface area contributed by atoms with Crippen molar-refractivity contribution in [2.24, 2.45) is 0 Å². The molecule has 0 bridgehead atoms. The van der Waals surface area contributed by atoms with E-state index >= 15 is 0 Å². The summed E-state index contributed by atoms with van der Waals surface area (Å²) >= 11 is 0. The molecule has 0 aliphatic carbocycles. The third-order valence-corrected chi connectivity index (χ3v) is 4.58. The summed E-state index contributed by atoms with van der Waals surface area (Å²) in [6.45, 7) is 0.492. The van der Waals surface area contributed by atoms with Crippen molar-refractivity contribution >= 4 is 7.82 Å². The van der Waals surface area contributed by atoms with Gasteiger partial charge in [0.2, 0.25) is 0 Å². The fourth-order valence-electron chi connectivity index (χ4n) is 2.70. The van der Waals surface area contributed by atoms with Crippen LogP contribution >= 0.6 is 7.82 Å². The van der Waals surface area contributed by atoms with Crippen LogP contribution in [0.5, 0.6) is 0 Å². The molecule has 23 heavy (non-hydrogen) atoms. The highest BCUT2D eigenvalue weighted by molar-refractivity contribution is 7.46. The summed E-state index contributed by atoms with van der Waals surface area (Å²) in [5.41, 5.74) is 0. The Balaban J connectivity index is 3.01. The molecule has 0 heterocycles. The van der Waals surface area contributed by atoms with Crippen molar-refractivity contribution in [3.63, 3.8) is 0 Å². The van der Waals surface area contributed by atoms with Crippen LogP contribution in [0.3, 0.4) is 0 Å². The van der Waals surface area contributed by atoms with E-state index in [0.717, 1.165) is 25.7 Å². The van der Waals surface area contributed by atoms with Crippen molar-refractivity contribution in [2.45, 2.75) is 96.3 Å². The smallest absolute Gasteiger partial charge is 0.396 e. The van der Waals surface area contributed by atoms with E-state index in [4.69, 9.17) is 14.9 Å². The molecule has 0 fully saturated rings. The normalized spacial score (nSPS) is 12.0. The quantitative estimate of drug-likeness (QED) is 0.240. The van der Waals surface area contributed by atoms with Gasteiger partial charge in [0, 0.05) is 6.61 Å². The van der Waals surface area contributed by atoms with Gasteiger partial charge in [0.15, 0.2) is 0 Å². The van der Waals surface area contributed by atoms with Crippen molar-refractivity contribution in [1.82, 2.24) is 0 Å². The van der Waals surface area contributed by atoms with Gasteiger partial charge in [-0.05, 0) is 12.8 Å². The van der Waals surface area contributed by atoms with Crippen molar-refractivity contribution in [1.29, 1.82) is 0 Å². The lowest BCUT2D eigenvalue weighted by Crippen LogP contribution is -1.92. The first-order valence-corrected chi connectivity index (χ1v) is 10.9. The Morgan fingerprint density at radius 3 is 1.17 bits per heavy atom. The summed E-state index contributed by atoms with van der Waals surface area (Å²) in [6, 6.07) is 0. The van der Waals surface area contributed by atoms with Crippen LogP contribution in [0, 0.1) is 0 Å². The number of phosphoric acid groups is 1. The Morgan fingerprint density at radius 1 is 0.565 bits per heavy atom. The lowest BCUT2D eigenvalue weighted by Gasteiger charge is -2.05. The lowest BCUT2D eigenvalue weighted by atomic mass is 10.0. The summed E-state index contributed by atoms with van der Waals surface area (Å²) in [7, 11) is -4.27. The van der Waals surface area contributed by atoms with Crippen LogP contribution in [0.15, 0.2) is 0 Å². The minimum Gasteiger partial charge on any atom is -0.396 e. The fraction of sp³-hybridized carbons (Fsp3) is 1.00. The summed E-state index contributed by atoms with van der Waals surface area (Å²) < 4.78 is 14.9. The molecule has 0 saturated heterocycles. The monoisotopic (exact) mass is 352 g/mol. The molecular formula is C17H37O5P. The Morgan fingerprint density at radius 2 is 0.870 bits per heavy atom. The highest BCUT2D eigenvalue weighted by Gasteiger charge is 2.12. The second-order valence-electron chi connectivity index (χ2n) is 6.35. The standard InChI is InChI=1S/C17H37O5P/c18-16-14-12-10-8-6-4-2-1-3-5-7-9-11-13-15-17-22-23(19,20)21/h18H,1-17H2,(H2,19,20,21). The first-order chi connectivity index (χ1) is 11.1. The topological polar surface area (TPSA) is 87.0 Å². The molecular weight excluding hydrogens is 315 g/mol. The van der Waals surface area contributed by atoms with Gasteiger partial charge in [-0.2, -0.15) is 0 Å². The maximum Gasteiger partial charge on any atom is 0.469 e. The lowest BCUT2D eigenvalue weighted by molar-refractivity contribution is 0.193. The number of aliphatic hydroxyl groups is 1. The van der Waals surface area contributed by atoms with Gasteiger partial charge in [-0.1, -0.05) is 83.5 Å². The maximum absolute atomic E-state index is 10.5. The number of phosphoric ester groups is 1. The summed E-state index contributed by atoms with van der Waals surface area (Å²) in [5.74, 6) is 0. The molecule has 6 heteroatoms. The van der Waals surface area contributed by atoms with Crippen LogP contribution in [0.1, 0.15) is 96.3 Å². The largest absolute Gasteiger partial charge is 0.469 e. The van der Waals surface area contributed by atoms with E-state index in [9.17, 15) is 4.57 Å². The molecule has 0 rings (SSSR count). The van der Waals surface area contributed by atoms with E-state index in [1.54, 1.807) is 0 Å². The molecule has 0 atom stereocenters. The van der Waals surface area contributed by atoms with Crippen molar-refractivity contribution in [3.05, 3.63) is 0 Å². The van der Waals surface area contributed by atoms with Crippen LogP contribution in [-0.2, 0) is 9.09 Å². The zero-order chi connectivity index (χ0) is 17.2. The highest BCUT2D eigenvalue weighted by Crippen LogP contribution is 2.35. The van der Waals surface area contributed by atoms with E-state index in [1.165, 1.54) is 70.6 Å². The summed E-state index contributed by atoms with van der Waals surface area (Å²) in [4.78, 5) is 17.0. The van der Waals surface area contributed by atoms with Crippen LogP contribution in [0.25, 0.3) is 0 Å². The average Bonchev–Trinajstić information content (AvgIpc) is 2.49. The Labute approximate surface area is 142 Å².